The highest BCUT2D eigenvalue weighted by Gasteiger charge is 2.56. The molecule has 1 aromatic carbocycles. The number of rotatable bonds is 11. The summed E-state index contributed by atoms with van der Waals surface area (Å²) in [6.07, 6.45) is -1.67. The zero-order chi connectivity index (χ0) is 29.1. The van der Waals surface area contributed by atoms with E-state index in [1.807, 2.05) is 0 Å². The zero-order valence-corrected chi connectivity index (χ0v) is 23.4. The van der Waals surface area contributed by atoms with Crippen LogP contribution in [0.2, 0.25) is 0 Å². The number of carbonyl (C=O) groups excluding carboxylic acids is 1. The number of carbonyl (C=O) groups is 1. The predicted molar refractivity (Wildman–Crippen MR) is 145 cm³/mol. The maximum Gasteiger partial charge on any atom is 0.459 e. The molecule has 1 aliphatic rings. The number of aliphatic hydroxyl groups excluding tert-OH is 2. The van der Waals surface area contributed by atoms with Gasteiger partial charge in [0.2, 0.25) is 0 Å². The Morgan fingerprint density at radius 1 is 1.30 bits per heavy atom. The number of aliphatic imine (C=N–C) groups is 1. The van der Waals surface area contributed by atoms with Gasteiger partial charge in [0.15, 0.2) is 11.4 Å². The highest BCUT2D eigenvalue weighted by Crippen LogP contribution is 2.48. The summed E-state index contributed by atoms with van der Waals surface area (Å²) in [4.78, 5) is 20.5. The van der Waals surface area contributed by atoms with Crippen molar-refractivity contribution < 1.29 is 38.1 Å². The molecule has 2 aromatic heterocycles. The van der Waals surface area contributed by atoms with Crippen LogP contribution in [0.15, 0.2) is 53.8 Å². The third kappa shape index (κ3) is 5.73. The normalized spacial score (nSPS) is 24.8. The van der Waals surface area contributed by atoms with Crippen molar-refractivity contribution in [3.8, 4) is 5.75 Å². The van der Waals surface area contributed by atoms with Gasteiger partial charge in [-0.05, 0) is 45.0 Å². The molecule has 216 valence electrons. The summed E-state index contributed by atoms with van der Waals surface area (Å²) in [5.41, 5.74) is 3.59. The van der Waals surface area contributed by atoms with Gasteiger partial charge in [0, 0.05) is 13.3 Å². The molecule has 3 aromatic rings. The van der Waals surface area contributed by atoms with E-state index in [1.54, 1.807) is 49.4 Å². The number of anilines is 1. The van der Waals surface area contributed by atoms with Gasteiger partial charge in [-0.15, -0.1) is 0 Å². The number of aromatic nitrogens is 3. The van der Waals surface area contributed by atoms with Crippen molar-refractivity contribution in [1.82, 2.24) is 19.7 Å². The Hall–Kier alpha value is -3.39. The van der Waals surface area contributed by atoms with Crippen LogP contribution in [-0.4, -0.2) is 81.1 Å². The minimum absolute atomic E-state index is 0.112. The number of esters is 1. The van der Waals surface area contributed by atoms with E-state index in [4.69, 9.17) is 24.3 Å². The van der Waals surface area contributed by atoms with Gasteiger partial charge >= 0.3 is 13.7 Å². The van der Waals surface area contributed by atoms with E-state index in [9.17, 15) is 19.6 Å². The highest BCUT2D eigenvalue weighted by molar-refractivity contribution is 7.52. The average molecular weight is 577 g/mol. The molecule has 0 aliphatic carbocycles. The summed E-state index contributed by atoms with van der Waals surface area (Å²) >= 11 is 0. The minimum atomic E-state index is -4.30. The Morgan fingerprint density at radius 2 is 2.02 bits per heavy atom. The summed E-state index contributed by atoms with van der Waals surface area (Å²) in [7, 11) is -2.82. The molecule has 5 N–H and O–H groups in total. The fraction of sp³-hybridized carbons (Fsp3) is 0.440. The van der Waals surface area contributed by atoms with Crippen LogP contribution in [0, 0.1) is 0 Å². The average Bonchev–Trinajstić information content (AvgIpc) is 3.45. The number of aliphatic hydroxyl groups is 2. The van der Waals surface area contributed by atoms with Crippen molar-refractivity contribution in [2.24, 2.45) is 4.99 Å². The van der Waals surface area contributed by atoms with E-state index in [2.05, 4.69) is 20.2 Å². The fourth-order valence-electron chi connectivity index (χ4n) is 4.38. The van der Waals surface area contributed by atoms with Crippen LogP contribution in [0.5, 0.6) is 5.75 Å². The fourth-order valence-corrected chi connectivity index (χ4v) is 6.06. The molecule has 4 rings (SSSR count). The topological polar surface area (TPSA) is 192 Å². The summed E-state index contributed by atoms with van der Waals surface area (Å²) in [6.45, 7) is 4.19. The number of benzene rings is 1. The molecular weight excluding hydrogens is 543 g/mol. The summed E-state index contributed by atoms with van der Waals surface area (Å²) < 4.78 is 38.0. The predicted octanol–water partition coefficient (Wildman–Crippen LogP) is 1.46. The molecule has 1 fully saturated rings. The third-order valence-corrected chi connectivity index (χ3v) is 8.05. The molecule has 1 aliphatic heterocycles. The van der Waals surface area contributed by atoms with E-state index in [0.717, 1.165) is 0 Å². The molecule has 1 saturated heterocycles. The Labute approximate surface area is 230 Å². The zero-order valence-electron chi connectivity index (χ0n) is 22.5. The van der Waals surface area contributed by atoms with Gasteiger partial charge in [-0.1, -0.05) is 18.2 Å². The number of ether oxygens (including phenoxy) is 2. The molecule has 0 spiro atoms. The number of nitrogens with two attached hydrogens (primary N) is 1. The van der Waals surface area contributed by atoms with E-state index in [0.29, 0.717) is 11.2 Å². The van der Waals surface area contributed by atoms with Crippen LogP contribution in [0.3, 0.4) is 0 Å². The lowest BCUT2D eigenvalue weighted by molar-refractivity contribution is -0.149. The molecule has 0 radical (unpaired) electrons. The standard InChI is InChI=1S/C25H33N6O8P/c1-5-36-23(34)24(2,3)30-40(35,39-16-9-7-6-8-10-16)37-13-18-20(32)21(33)25(38-18,14-27-4)19-12-11-17-22(26)28-15-29-31(17)19/h6-12,14-15,18,20-21,32-33H,5,13H2,1-4H3,(H,30,35)(H2,26,28,29)/t18?,20-,21-,25+,40?/m1/s1. The Morgan fingerprint density at radius 3 is 2.70 bits per heavy atom. The van der Waals surface area contributed by atoms with Crippen molar-refractivity contribution in [1.29, 1.82) is 0 Å². The minimum Gasteiger partial charge on any atom is -0.465 e. The Bertz CT molecular complexity index is 1420. The molecule has 15 heteroatoms. The van der Waals surface area contributed by atoms with E-state index < -0.39 is 49.8 Å². The quantitative estimate of drug-likeness (QED) is 0.146. The van der Waals surface area contributed by atoms with Gasteiger partial charge in [0.25, 0.3) is 0 Å². The first-order valence-corrected chi connectivity index (χ1v) is 14.0. The van der Waals surface area contributed by atoms with Crippen LogP contribution in [-0.2, 0) is 29.0 Å². The monoisotopic (exact) mass is 576 g/mol. The highest BCUT2D eigenvalue weighted by atomic mass is 31.2. The number of para-hydroxylation sites is 1. The van der Waals surface area contributed by atoms with Gasteiger partial charge in [-0.2, -0.15) is 10.2 Å². The molecule has 0 bridgehead atoms. The van der Waals surface area contributed by atoms with Crippen molar-refractivity contribution in [2.45, 2.75) is 50.2 Å². The van der Waals surface area contributed by atoms with Crippen LogP contribution in [0.1, 0.15) is 26.5 Å². The number of fused-ring (bicyclic) bond motifs is 1. The number of nitrogen functional groups attached to an aromatic ring is 1. The lowest BCUT2D eigenvalue weighted by Gasteiger charge is -2.30. The van der Waals surface area contributed by atoms with Gasteiger partial charge in [0.05, 0.1) is 18.9 Å². The smallest absolute Gasteiger partial charge is 0.459 e. The molecule has 0 amide bonds. The Balaban J connectivity index is 1.63. The number of hydrogen-bond donors (Lipinski definition) is 4. The molecule has 0 saturated carbocycles. The number of nitrogens with one attached hydrogen (secondary N) is 1. The summed E-state index contributed by atoms with van der Waals surface area (Å²) in [5, 5.41) is 29.1. The van der Waals surface area contributed by atoms with E-state index >= 15 is 0 Å². The second-order valence-corrected chi connectivity index (χ2v) is 11.2. The maximum atomic E-state index is 14.0. The van der Waals surface area contributed by atoms with Crippen molar-refractivity contribution >= 4 is 31.3 Å². The second-order valence-electron chi connectivity index (χ2n) is 9.59. The second kappa shape index (κ2) is 11.6. The van der Waals surface area contributed by atoms with Crippen molar-refractivity contribution in [2.75, 3.05) is 26.0 Å². The lowest BCUT2D eigenvalue weighted by atomic mass is 9.92. The van der Waals surface area contributed by atoms with Gasteiger partial charge in [-0.3, -0.25) is 14.3 Å². The first kappa shape index (κ1) is 29.6. The van der Waals surface area contributed by atoms with Crippen molar-refractivity contribution in [3.63, 3.8) is 0 Å². The van der Waals surface area contributed by atoms with Crippen LogP contribution in [0.4, 0.5) is 5.82 Å². The third-order valence-electron chi connectivity index (χ3n) is 6.27. The molecule has 5 atom stereocenters. The number of hydrogen-bond acceptors (Lipinski definition) is 12. The SMILES string of the molecule is CCOC(=O)C(C)(C)NP(=O)(OCC1O[C@@](C=NC)(c2ccc3c(N)ncnn23)[C@H](O)[C@@H]1O)Oc1ccccc1. The number of nitrogens with zero attached hydrogens (tertiary/aromatic N) is 4. The van der Waals surface area contributed by atoms with Crippen molar-refractivity contribution in [3.05, 3.63) is 54.5 Å². The molecule has 14 nitrogen and oxygen atoms in total. The maximum absolute atomic E-state index is 14.0. The molecule has 40 heavy (non-hydrogen) atoms. The summed E-state index contributed by atoms with van der Waals surface area (Å²) in [5.74, 6) is -0.273. The van der Waals surface area contributed by atoms with Crippen LogP contribution in [0.25, 0.3) is 5.52 Å². The lowest BCUT2D eigenvalue weighted by Crippen LogP contribution is -2.47. The van der Waals surface area contributed by atoms with Gasteiger partial charge in [-0.25, -0.2) is 14.1 Å². The first-order chi connectivity index (χ1) is 19.0. The van der Waals surface area contributed by atoms with Crippen LogP contribution < -0.4 is 15.3 Å². The Kier molecular flexibility index (Phi) is 8.59. The molecule has 3 heterocycles. The first-order valence-electron chi connectivity index (χ1n) is 12.5. The van der Waals surface area contributed by atoms with Gasteiger partial charge in [0.1, 0.15) is 41.4 Å². The molecule has 2 unspecified atom stereocenters. The van der Waals surface area contributed by atoms with Crippen LogP contribution >= 0.6 is 7.75 Å². The van der Waals surface area contributed by atoms with E-state index in [-0.39, 0.29) is 18.2 Å². The summed E-state index contributed by atoms with van der Waals surface area (Å²) in [6, 6.07) is 11.5. The van der Waals surface area contributed by atoms with E-state index in [1.165, 1.54) is 38.0 Å². The largest absolute Gasteiger partial charge is 0.465 e. The van der Waals surface area contributed by atoms with Gasteiger partial charge < -0.3 is 29.9 Å². The molecular formula is C25H33N6O8P.